The Balaban J connectivity index is 1.72. The van der Waals surface area contributed by atoms with Crippen LogP contribution in [0.3, 0.4) is 0 Å². The predicted molar refractivity (Wildman–Crippen MR) is 102 cm³/mol. The van der Waals surface area contributed by atoms with Gasteiger partial charge in [0.1, 0.15) is 0 Å². The number of carbonyl (C=O) groups is 2. The van der Waals surface area contributed by atoms with Crippen molar-refractivity contribution >= 4 is 50.9 Å². The Morgan fingerprint density at radius 2 is 1.88 bits per heavy atom. The summed E-state index contributed by atoms with van der Waals surface area (Å²) in [6, 6.07) is 14.8. The topological polar surface area (TPSA) is 59.5 Å². The molecular weight excluding hydrogens is 356 g/mol. The number of thioether (sulfide) groups is 1. The van der Waals surface area contributed by atoms with Crippen LogP contribution >= 0.6 is 23.1 Å². The van der Waals surface area contributed by atoms with E-state index in [0.29, 0.717) is 11.3 Å². The Morgan fingerprint density at radius 3 is 2.64 bits per heavy atom. The number of esters is 1. The average molecular weight is 372 g/mol. The van der Waals surface area contributed by atoms with Gasteiger partial charge in [-0.3, -0.25) is 4.79 Å². The molecule has 3 rings (SSSR count). The van der Waals surface area contributed by atoms with E-state index in [2.05, 4.69) is 4.98 Å². The molecule has 2 aromatic carbocycles. The highest BCUT2D eigenvalue weighted by molar-refractivity contribution is 8.01. The number of para-hydroxylation sites is 2. The standard InChI is InChI=1S/C18H16N2O3S2/c1-20(14-9-5-3-7-12(14)17(22)23-2)16(21)11-24-18-19-13-8-4-6-10-15(13)25-18/h3-10H,11H2,1-2H3. The van der Waals surface area contributed by atoms with Crippen LogP contribution in [0.25, 0.3) is 10.2 Å². The van der Waals surface area contributed by atoms with Crippen LogP contribution in [0.4, 0.5) is 5.69 Å². The molecular formula is C18H16N2O3S2. The predicted octanol–water partition coefficient (Wildman–Crippen LogP) is 3.84. The third kappa shape index (κ3) is 3.83. The highest BCUT2D eigenvalue weighted by Gasteiger charge is 2.19. The summed E-state index contributed by atoms with van der Waals surface area (Å²) in [6.07, 6.45) is 0. The van der Waals surface area contributed by atoms with Crippen molar-refractivity contribution in [3.63, 3.8) is 0 Å². The lowest BCUT2D eigenvalue weighted by molar-refractivity contribution is -0.115. The van der Waals surface area contributed by atoms with Gasteiger partial charge < -0.3 is 9.64 Å². The summed E-state index contributed by atoms with van der Waals surface area (Å²) < 4.78 is 6.73. The minimum atomic E-state index is -0.464. The van der Waals surface area contributed by atoms with E-state index in [-0.39, 0.29) is 11.7 Å². The molecule has 0 fully saturated rings. The molecule has 0 radical (unpaired) electrons. The normalized spacial score (nSPS) is 10.6. The molecule has 3 aromatic rings. The Hall–Kier alpha value is -2.38. The number of anilines is 1. The molecule has 0 unspecified atom stereocenters. The van der Waals surface area contributed by atoms with Crippen molar-refractivity contribution in [2.45, 2.75) is 4.34 Å². The molecule has 0 saturated carbocycles. The Kier molecular flexibility index (Phi) is 5.35. The molecule has 0 N–H and O–H groups in total. The van der Waals surface area contributed by atoms with Crippen LogP contribution in [0.15, 0.2) is 52.9 Å². The first-order valence-corrected chi connectivity index (χ1v) is 9.32. The van der Waals surface area contributed by atoms with Crippen molar-refractivity contribution in [1.29, 1.82) is 0 Å². The highest BCUT2D eigenvalue weighted by atomic mass is 32.2. The number of hydrogen-bond acceptors (Lipinski definition) is 6. The smallest absolute Gasteiger partial charge is 0.339 e. The number of carbonyl (C=O) groups excluding carboxylic acids is 2. The van der Waals surface area contributed by atoms with Crippen molar-refractivity contribution in [2.75, 3.05) is 24.8 Å². The zero-order valence-electron chi connectivity index (χ0n) is 13.8. The van der Waals surface area contributed by atoms with Gasteiger partial charge in [0.25, 0.3) is 0 Å². The molecule has 7 heteroatoms. The molecule has 0 atom stereocenters. The Morgan fingerprint density at radius 1 is 1.16 bits per heavy atom. The summed E-state index contributed by atoms with van der Waals surface area (Å²) >= 11 is 2.96. The maximum absolute atomic E-state index is 12.5. The molecule has 0 aliphatic rings. The van der Waals surface area contributed by atoms with Crippen molar-refractivity contribution in [3.8, 4) is 0 Å². The lowest BCUT2D eigenvalue weighted by Gasteiger charge is -2.19. The van der Waals surface area contributed by atoms with Crippen molar-refractivity contribution in [3.05, 3.63) is 54.1 Å². The Bertz CT molecular complexity index is 890. The summed E-state index contributed by atoms with van der Waals surface area (Å²) in [5.41, 5.74) is 1.84. The second-order valence-electron chi connectivity index (χ2n) is 5.20. The van der Waals surface area contributed by atoms with Gasteiger partial charge in [-0.15, -0.1) is 11.3 Å². The average Bonchev–Trinajstić information content (AvgIpc) is 3.07. The number of nitrogens with zero attached hydrogens (tertiary/aromatic N) is 2. The number of thiazole rings is 1. The summed E-state index contributed by atoms with van der Waals surface area (Å²) in [4.78, 5) is 30.4. The van der Waals surface area contributed by atoms with Gasteiger partial charge in [0, 0.05) is 7.05 Å². The molecule has 5 nitrogen and oxygen atoms in total. The fraction of sp³-hybridized carbons (Fsp3) is 0.167. The first-order valence-electron chi connectivity index (χ1n) is 7.52. The number of rotatable bonds is 5. The number of methoxy groups -OCH3 is 1. The SMILES string of the molecule is COC(=O)c1ccccc1N(C)C(=O)CSc1nc2ccccc2s1. The van der Waals surface area contributed by atoms with Gasteiger partial charge in [-0.25, -0.2) is 9.78 Å². The van der Waals surface area contributed by atoms with Gasteiger partial charge in [0.2, 0.25) is 5.91 Å². The third-order valence-corrected chi connectivity index (χ3v) is 5.80. The van der Waals surface area contributed by atoms with E-state index in [4.69, 9.17) is 4.74 Å². The molecule has 0 aliphatic carbocycles. The van der Waals surface area contributed by atoms with Gasteiger partial charge in [-0.05, 0) is 24.3 Å². The quantitative estimate of drug-likeness (QED) is 0.503. The van der Waals surface area contributed by atoms with E-state index in [1.165, 1.54) is 23.8 Å². The second-order valence-corrected chi connectivity index (χ2v) is 7.45. The van der Waals surface area contributed by atoms with Gasteiger partial charge in [-0.2, -0.15) is 0 Å². The van der Waals surface area contributed by atoms with Gasteiger partial charge >= 0.3 is 5.97 Å². The second kappa shape index (κ2) is 7.67. The summed E-state index contributed by atoms with van der Waals surface area (Å²) in [5.74, 6) is -0.332. The van der Waals surface area contributed by atoms with Crippen LogP contribution in [0, 0.1) is 0 Å². The molecule has 0 bridgehead atoms. The third-order valence-electron chi connectivity index (χ3n) is 3.64. The van der Waals surface area contributed by atoms with Crippen LogP contribution in [0.1, 0.15) is 10.4 Å². The molecule has 128 valence electrons. The maximum atomic E-state index is 12.5. The van der Waals surface area contributed by atoms with Crippen LogP contribution in [-0.2, 0) is 9.53 Å². The lowest BCUT2D eigenvalue weighted by Crippen LogP contribution is -2.29. The minimum Gasteiger partial charge on any atom is -0.465 e. The molecule has 1 amide bonds. The van der Waals surface area contributed by atoms with Gasteiger partial charge in [0.15, 0.2) is 4.34 Å². The van der Waals surface area contributed by atoms with E-state index >= 15 is 0 Å². The summed E-state index contributed by atoms with van der Waals surface area (Å²) in [7, 11) is 2.98. The fourth-order valence-corrected chi connectivity index (χ4v) is 4.30. The zero-order chi connectivity index (χ0) is 17.8. The van der Waals surface area contributed by atoms with Gasteiger partial charge in [0.05, 0.1) is 34.3 Å². The van der Waals surface area contributed by atoms with Crippen molar-refractivity contribution < 1.29 is 14.3 Å². The number of amides is 1. The van der Waals surface area contributed by atoms with E-state index in [1.54, 1.807) is 42.6 Å². The largest absolute Gasteiger partial charge is 0.465 e. The number of aromatic nitrogens is 1. The fourth-order valence-electron chi connectivity index (χ4n) is 2.32. The first kappa shape index (κ1) is 17.4. The number of fused-ring (bicyclic) bond motifs is 1. The lowest BCUT2D eigenvalue weighted by atomic mass is 10.1. The summed E-state index contributed by atoms with van der Waals surface area (Å²) in [5, 5.41) is 0. The summed E-state index contributed by atoms with van der Waals surface area (Å²) in [6.45, 7) is 0. The first-order chi connectivity index (χ1) is 12.1. The highest BCUT2D eigenvalue weighted by Crippen LogP contribution is 2.30. The molecule has 0 aliphatic heterocycles. The molecule has 0 spiro atoms. The van der Waals surface area contributed by atoms with Crippen LogP contribution in [-0.4, -0.2) is 36.8 Å². The molecule has 1 heterocycles. The number of ether oxygens (including phenoxy) is 1. The van der Waals surface area contributed by atoms with E-state index in [1.807, 2.05) is 24.3 Å². The van der Waals surface area contributed by atoms with Crippen LogP contribution in [0.5, 0.6) is 0 Å². The van der Waals surface area contributed by atoms with Crippen LogP contribution in [0.2, 0.25) is 0 Å². The number of benzene rings is 2. The van der Waals surface area contributed by atoms with Crippen molar-refractivity contribution in [1.82, 2.24) is 4.98 Å². The van der Waals surface area contributed by atoms with E-state index in [9.17, 15) is 9.59 Å². The Labute approximate surface area is 153 Å². The molecule has 0 saturated heterocycles. The van der Waals surface area contributed by atoms with E-state index < -0.39 is 5.97 Å². The van der Waals surface area contributed by atoms with Gasteiger partial charge in [-0.1, -0.05) is 36.0 Å². The van der Waals surface area contributed by atoms with E-state index in [0.717, 1.165) is 14.6 Å². The van der Waals surface area contributed by atoms with Crippen LogP contribution < -0.4 is 4.90 Å². The minimum absolute atomic E-state index is 0.111. The number of hydrogen-bond donors (Lipinski definition) is 0. The molecule has 25 heavy (non-hydrogen) atoms. The zero-order valence-corrected chi connectivity index (χ0v) is 15.4. The monoisotopic (exact) mass is 372 g/mol. The van der Waals surface area contributed by atoms with Crippen molar-refractivity contribution in [2.24, 2.45) is 0 Å². The maximum Gasteiger partial charge on any atom is 0.339 e. The molecule has 1 aromatic heterocycles.